The van der Waals surface area contributed by atoms with E-state index in [1.54, 1.807) is 0 Å². The van der Waals surface area contributed by atoms with Crippen LogP contribution in [0.25, 0.3) is 33.5 Å². The summed E-state index contributed by atoms with van der Waals surface area (Å²) in [6, 6.07) is 27.7. The summed E-state index contributed by atoms with van der Waals surface area (Å²) in [5.74, 6) is 0.847. The summed E-state index contributed by atoms with van der Waals surface area (Å²) >= 11 is 0. The molecule has 2 aliphatic carbocycles. The van der Waals surface area contributed by atoms with Gasteiger partial charge in [-0.05, 0) is 138 Å². The van der Waals surface area contributed by atoms with Crippen molar-refractivity contribution in [2.75, 3.05) is 34.0 Å². The number of benzene rings is 4. The van der Waals surface area contributed by atoms with Gasteiger partial charge in [-0.1, -0.05) is 66.7 Å². The van der Waals surface area contributed by atoms with Crippen molar-refractivity contribution < 1.29 is 33.4 Å². The van der Waals surface area contributed by atoms with Crippen LogP contribution in [0.1, 0.15) is 85.1 Å². The number of aromatic nitrogens is 2. The van der Waals surface area contributed by atoms with Crippen LogP contribution in [0.2, 0.25) is 0 Å². The van der Waals surface area contributed by atoms with Gasteiger partial charge >= 0.3 is 12.2 Å². The number of carbonyl (C=O) groups is 4. The number of amides is 4. The van der Waals surface area contributed by atoms with E-state index in [-0.39, 0.29) is 35.9 Å². The smallest absolute Gasteiger partial charge is 0.407 e. The number of aromatic amines is 1. The number of rotatable bonds is 10. The number of H-pyrrole nitrogens is 1. The molecule has 4 fully saturated rings. The molecule has 3 N–H and O–H groups in total. The predicted molar refractivity (Wildman–Crippen MR) is 256 cm³/mol. The van der Waals surface area contributed by atoms with E-state index in [0.29, 0.717) is 44.9 Å². The van der Waals surface area contributed by atoms with Gasteiger partial charge in [0.25, 0.3) is 5.91 Å². The number of carbonyl (C=O) groups excluding carboxylic acids is 4. The maximum absolute atomic E-state index is 14.5. The van der Waals surface area contributed by atoms with Crippen molar-refractivity contribution in [1.29, 1.82) is 0 Å². The van der Waals surface area contributed by atoms with Gasteiger partial charge in [-0.2, -0.15) is 0 Å². The molecule has 0 radical (unpaired) electrons. The Bertz CT molecular complexity index is 2800. The highest BCUT2D eigenvalue weighted by atomic mass is 16.5. The number of ether oxygens (including phenoxy) is 3. The molecule has 11 rings (SSSR count). The lowest BCUT2D eigenvalue weighted by Crippen LogP contribution is -2.53. The number of nitrogens with zero attached hydrogens (tertiary/aromatic N) is 4. The summed E-state index contributed by atoms with van der Waals surface area (Å²) in [4.78, 5) is 70.9. The molecule has 4 aliphatic heterocycles. The molecule has 350 valence electrons. The molecular formula is C54H57N7O7. The molecule has 4 aromatic carbocycles. The molecule has 1 aromatic heterocycles. The summed E-state index contributed by atoms with van der Waals surface area (Å²) in [5, 5.41) is 5.66. The Kier molecular flexibility index (Phi) is 11.8. The fourth-order valence-corrected chi connectivity index (χ4v) is 12.1. The molecule has 3 saturated heterocycles. The van der Waals surface area contributed by atoms with Crippen molar-refractivity contribution in [2.45, 2.75) is 94.4 Å². The number of nitrogens with one attached hydrogen (secondary N) is 3. The van der Waals surface area contributed by atoms with Crippen molar-refractivity contribution in [3.05, 3.63) is 119 Å². The van der Waals surface area contributed by atoms with E-state index in [1.165, 1.54) is 47.6 Å². The van der Waals surface area contributed by atoms with Crippen molar-refractivity contribution in [3.8, 4) is 33.5 Å². The van der Waals surface area contributed by atoms with Crippen LogP contribution in [0.5, 0.6) is 0 Å². The van der Waals surface area contributed by atoms with Crippen molar-refractivity contribution in [3.63, 3.8) is 0 Å². The molecule has 6 atom stereocenters. The third-order valence-electron chi connectivity index (χ3n) is 15.4. The van der Waals surface area contributed by atoms with Crippen LogP contribution in [-0.2, 0) is 43.1 Å². The van der Waals surface area contributed by atoms with E-state index in [9.17, 15) is 19.2 Å². The van der Waals surface area contributed by atoms with Gasteiger partial charge in [-0.25, -0.2) is 14.6 Å². The highest BCUT2D eigenvalue weighted by molar-refractivity contribution is 6.02. The minimum absolute atomic E-state index is 0.0241. The first-order chi connectivity index (χ1) is 33.2. The molecular weight excluding hydrogens is 859 g/mol. The highest BCUT2D eigenvalue weighted by Crippen LogP contribution is 2.47. The molecule has 0 spiro atoms. The van der Waals surface area contributed by atoms with E-state index >= 15 is 0 Å². The number of piperidine rings is 1. The first-order valence-electron chi connectivity index (χ1n) is 24.2. The summed E-state index contributed by atoms with van der Waals surface area (Å²) in [6.07, 6.45) is 9.14. The van der Waals surface area contributed by atoms with Crippen LogP contribution in [0.15, 0.2) is 96.1 Å². The van der Waals surface area contributed by atoms with Gasteiger partial charge < -0.3 is 39.6 Å². The number of alkyl carbamates (subject to hydrolysis) is 2. The quantitative estimate of drug-likeness (QED) is 0.126. The van der Waals surface area contributed by atoms with Crippen molar-refractivity contribution >= 4 is 35.4 Å². The minimum atomic E-state index is -0.848. The molecule has 6 aliphatic rings. The summed E-state index contributed by atoms with van der Waals surface area (Å²) in [7, 11) is 2.63. The van der Waals surface area contributed by atoms with Gasteiger partial charge in [-0.15, -0.1) is 0 Å². The zero-order chi connectivity index (χ0) is 46.5. The average Bonchev–Trinajstić information content (AvgIpc) is 4.26. The Balaban J connectivity index is 0.781. The predicted octanol–water partition coefficient (Wildman–Crippen LogP) is 8.43. The minimum Gasteiger partial charge on any atom is -0.453 e. The van der Waals surface area contributed by atoms with Crippen LogP contribution in [-0.4, -0.2) is 102 Å². The van der Waals surface area contributed by atoms with E-state index in [0.717, 1.165) is 84.6 Å². The van der Waals surface area contributed by atoms with Gasteiger partial charge in [0.15, 0.2) is 0 Å². The summed E-state index contributed by atoms with van der Waals surface area (Å²) < 4.78 is 15.4. The number of aryl methyl sites for hydroxylation is 2. The number of likely N-dealkylation sites (tertiary alicyclic amines) is 2. The van der Waals surface area contributed by atoms with Crippen LogP contribution in [0.4, 0.5) is 15.3 Å². The van der Waals surface area contributed by atoms with Crippen LogP contribution < -0.4 is 10.6 Å². The van der Waals surface area contributed by atoms with Gasteiger partial charge in [0.1, 0.15) is 17.9 Å². The zero-order valence-electron chi connectivity index (χ0n) is 38.5. The van der Waals surface area contributed by atoms with Gasteiger partial charge in [0, 0.05) is 37.9 Å². The lowest BCUT2D eigenvalue weighted by atomic mass is 9.83. The van der Waals surface area contributed by atoms with Crippen molar-refractivity contribution in [1.82, 2.24) is 30.4 Å². The molecule has 68 heavy (non-hydrogen) atoms. The Morgan fingerprint density at radius 1 is 0.765 bits per heavy atom. The third kappa shape index (κ3) is 8.11. The molecule has 0 unspecified atom stereocenters. The molecule has 4 amide bonds. The monoisotopic (exact) mass is 915 g/mol. The Morgan fingerprint density at radius 2 is 1.46 bits per heavy atom. The lowest BCUT2D eigenvalue weighted by molar-refractivity contribution is -0.137. The molecule has 14 heteroatoms. The van der Waals surface area contributed by atoms with E-state index in [1.807, 2.05) is 46.3 Å². The number of aliphatic imine (C=N–C) groups is 1. The van der Waals surface area contributed by atoms with Gasteiger partial charge in [0.2, 0.25) is 5.91 Å². The Hall–Kier alpha value is -6.80. The van der Waals surface area contributed by atoms with E-state index < -0.39 is 24.3 Å². The fraction of sp³-hybridized carbons (Fsp3) is 0.407. The lowest BCUT2D eigenvalue weighted by Gasteiger charge is -2.37. The Morgan fingerprint density at radius 3 is 2.21 bits per heavy atom. The van der Waals surface area contributed by atoms with Crippen LogP contribution in [0, 0.1) is 11.8 Å². The van der Waals surface area contributed by atoms with E-state index in [2.05, 4.69) is 70.2 Å². The SMILES string of the molecule is COC(=O)N[C@H](C(=O)N1CCC[C@H]1c1ncc(-c2ccc3c(c2)CCc2cc(-c4ccc5c(c4)CC([C@@H]4[C@H]6CC[C@H](C6)N4C(=O)[C@H](NC(=O)OC)c4ccccc4)=N5)ccc2-3)[nH]1)C1CCOCC1. The third-order valence-corrected chi connectivity index (χ3v) is 15.4. The van der Waals surface area contributed by atoms with E-state index in [4.69, 9.17) is 24.2 Å². The second kappa shape index (κ2) is 18.4. The Labute approximate surface area is 395 Å². The van der Waals surface area contributed by atoms with Gasteiger partial charge in [-0.3, -0.25) is 14.6 Å². The molecule has 2 bridgehead atoms. The molecule has 1 saturated carbocycles. The van der Waals surface area contributed by atoms with Crippen molar-refractivity contribution in [2.24, 2.45) is 16.8 Å². The topological polar surface area (TPSA) is 168 Å². The second-order valence-corrected chi connectivity index (χ2v) is 19.2. The largest absolute Gasteiger partial charge is 0.453 e. The molecule has 5 aromatic rings. The fourth-order valence-electron chi connectivity index (χ4n) is 12.1. The first-order valence-corrected chi connectivity index (χ1v) is 24.2. The van der Waals surface area contributed by atoms with Gasteiger partial charge in [0.05, 0.1) is 43.9 Å². The molecule has 5 heterocycles. The number of hydrogen-bond donors (Lipinski definition) is 3. The standard InChI is InChI=1S/C54H57N7O7/c1-66-53(64)58-47(32-20-23-68-24-21-32)51(62)60-22-6-9-46(60)50-55-30-45(57-50)37-14-18-42-36(27-37)11-10-35-25-33(13-17-41(35)42)34-15-19-43-39(26-34)29-44(56-43)49-38-12-16-40(28-38)61(49)52(63)48(59-54(65)67-2)31-7-4-3-5-8-31/h3-5,7-8,13-15,17-19,25-27,30,32,38,40,46-49H,6,9-12,16,20-24,28-29H2,1-2H3,(H,55,57)(H,58,64)(H,59,65)/t38-,40+,46-,47-,48+,49-/m0/s1. The summed E-state index contributed by atoms with van der Waals surface area (Å²) in [6.45, 7) is 1.73. The first kappa shape index (κ1) is 43.8. The summed E-state index contributed by atoms with van der Waals surface area (Å²) in [5.41, 5.74) is 13.2. The second-order valence-electron chi connectivity index (χ2n) is 19.2. The number of hydrogen-bond acceptors (Lipinski definition) is 9. The number of imidazole rings is 1. The zero-order valence-corrected chi connectivity index (χ0v) is 38.5. The number of fused-ring (bicyclic) bond motifs is 6. The van der Waals surface area contributed by atoms with Crippen LogP contribution >= 0.6 is 0 Å². The van der Waals surface area contributed by atoms with Crippen LogP contribution in [0.3, 0.4) is 0 Å². The average molecular weight is 916 g/mol. The normalized spacial score (nSPS) is 22.4. The maximum atomic E-state index is 14.5. The molecule has 14 nitrogen and oxygen atoms in total. The number of methoxy groups -OCH3 is 2. The maximum Gasteiger partial charge on any atom is 0.407 e. The highest BCUT2D eigenvalue weighted by Gasteiger charge is 2.52.